The fraction of sp³-hybridized carbons (Fsp3) is 0.0833. The van der Waals surface area contributed by atoms with Gasteiger partial charge in [-0.05, 0) is 48.4 Å². The Hall–Kier alpha value is -3.73. The first-order valence-corrected chi connectivity index (χ1v) is 9.09. The Morgan fingerprint density at radius 3 is 2.62 bits per heavy atom. The zero-order valence-electron chi connectivity index (χ0n) is 15.6. The van der Waals surface area contributed by atoms with E-state index in [0.29, 0.717) is 28.2 Å². The van der Waals surface area contributed by atoms with Gasteiger partial charge < -0.3 is 9.47 Å². The molecule has 1 aliphatic heterocycles. The molecule has 144 valence electrons. The first-order chi connectivity index (χ1) is 14.0. The molecule has 0 aromatic heterocycles. The van der Waals surface area contributed by atoms with Crippen LogP contribution in [0.2, 0.25) is 0 Å². The maximum Gasteiger partial charge on any atom is 0.315 e. The summed E-state index contributed by atoms with van der Waals surface area (Å²) in [5.41, 5.74) is 2.31. The maximum absolute atomic E-state index is 13.4. The molecule has 0 spiro atoms. The number of ether oxygens (including phenoxy) is 2. The van der Waals surface area contributed by atoms with Gasteiger partial charge in [0.1, 0.15) is 17.3 Å². The van der Waals surface area contributed by atoms with Gasteiger partial charge in [-0.1, -0.05) is 42.5 Å². The van der Waals surface area contributed by atoms with Crippen molar-refractivity contribution in [2.24, 2.45) is 0 Å². The molecule has 0 unspecified atom stereocenters. The molecule has 0 saturated carbocycles. The number of carbonyl (C=O) groups is 2. The lowest BCUT2D eigenvalue weighted by Crippen LogP contribution is -2.12. The molecule has 5 heteroatoms. The van der Waals surface area contributed by atoms with E-state index in [-0.39, 0.29) is 18.0 Å². The van der Waals surface area contributed by atoms with Crippen LogP contribution in [0.15, 0.2) is 72.5 Å². The number of hydrogen-bond acceptors (Lipinski definition) is 4. The Bertz CT molecular complexity index is 1130. The molecule has 0 bridgehead atoms. The topological polar surface area (TPSA) is 52.6 Å². The highest BCUT2D eigenvalue weighted by molar-refractivity contribution is 6.15. The molecule has 0 atom stereocenters. The van der Waals surface area contributed by atoms with E-state index < -0.39 is 11.8 Å². The van der Waals surface area contributed by atoms with Gasteiger partial charge in [0.05, 0.1) is 12.0 Å². The Morgan fingerprint density at radius 2 is 1.86 bits per heavy atom. The van der Waals surface area contributed by atoms with Crippen molar-refractivity contribution >= 4 is 17.8 Å². The smallest absolute Gasteiger partial charge is 0.315 e. The standard InChI is InChI=1S/C24H17FO4/c1-15-20(28-22(26)14-16-6-3-2-4-7-16)11-10-19-23(27)21(29-24(15)19)13-17-8-5-9-18(25)12-17/h2-13H,14H2,1H3/b21-13-. The lowest BCUT2D eigenvalue weighted by Gasteiger charge is -2.10. The van der Waals surface area contributed by atoms with Gasteiger partial charge in [-0.3, -0.25) is 9.59 Å². The Morgan fingerprint density at radius 1 is 1.07 bits per heavy atom. The summed E-state index contributed by atoms with van der Waals surface area (Å²) in [6.45, 7) is 1.72. The molecule has 4 rings (SSSR count). The molecule has 0 amide bonds. The molecule has 0 saturated heterocycles. The van der Waals surface area contributed by atoms with Crippen LogP contribution >= 0.6 is 0 Å². The molecule has 3 aromatic rings. The Kier molecular flexibility index (Phi) is 4.96. The Labute approximate surface area is 167 Å². The van der Waals surface area contributed by atoms with Crippen LogP contribution in [0.25, 0.3) is 6.08 Å². The van der Waals surface area contributed by atoms with E-state index in [1.165, 1.54) is 18.2 Å². The first kappa shape index (κ1) is 18.6. The highest BCUT2D eigenvalue weighted by Gasteiger charge is 2.30. The van der Waals surface area contributed by atoms with Crippen molar-refractivity contribution in [3.63, 3.8) is 0 Å². The SMILES string of the molecule is Cc1c(OC(=O)Cc2ccccc2)ccc2c1O/C(=C\c1cccc(F)c1)C2=O. The predicted molar refractivity (Wildman–Crippen MR) is 106 cm³/mol. The van der Waals surface area contributed by atoms with Crippen LogP contribution in [0, 0.1) is 12.7 Å². The molecule has 0 aliphatic carbocycles. The van der Waals surface area contributed by atoms with E-state index in [1.807, 2.05) is 30.3 Å². The van der Waals surface area contributed by atoms with Crippen LogP contribution in [0.5, 0.6) is 11.5 Å². The number of fused-ring (bicyclic) bond motifs is 1. The average Bonchev–Trinajstić information content (AvgIpc) is 3.01. The zero-order chi connectivity index (χ0) is 20.4. The summed E-state index contributed by atoms with van der Waals surface area (Å²) in [4.78, 5) is 24.9. The summed E-state index contributed by atoms with van der Waals surface area (Å²) in [5.74, 6) is -0.312. The largest absolute Gasteiger partial charge is 0.452 e. The minimum absolute atomic E-state index is 0.0986. The fourth-order valence-electron chi connectivity index (χ4n) is 3.15. The van der Waals surface area contributed by atoms with E-state index in [0.717, 1.165) is 5.56 Å². The van der Waals surface area contributed by atoms with Crippen LogP contribution in [0.1, 0.15) is 27.0 Å². The average molecular weight is 388 g/mol. The quantitative estimate of drug-likeness (QED) is 0.362. The second-order valence-corrected chi connectivity index (χ2v) is 6.70. The van der Waals surface area contributed by atoms with Crippen molar-refractivity contribution in [3.05, 3.63) is 101 Å². The van der Waals surface area contributed by atoms with Crippen molar-refractivity contribution in [3.8, 4) is 11.5 Å². The fourth-order valence-corrected chi connectivity index (χ4v) is 3.15. The third kappa shape index (κ3) is 3.94. The lowest BCUT2D eigenvalue weighted by molar-refractivity contribution is -0.133. The van der Waals surface area contributed by atoms with E-state index in [1.54, 1.807) is 31.2 Å². The van der Waals surface area contributed by atoms with Crippen LogP contribution in [-0.4, -0.2) is 11.8 Å². The molecule has 4 nitrogen and oxygen atoms in total. The molecule has 0 N–H and O–H groups in total. The summed E-state index contributed by atoms with van der Waals surface area (Å²) in [7, 11) is 0. The van der Waals surface area contributed by atoms with Crippen LogP contribution < -0.4 is 9.47 Å². The number of hydrogen-bond donors (Lipinski definition) is 0. The minimum atomic E-state index is -0.404. The van der Waals surface area contributed by atoms with E-state index in [9.17, 15) is 14.0 Å². The number of rotatable bonds is 4. The number of Topliss-reactive ketones (excluding diaryl/α,β-unsaturated/α-hetero) is 1. The van der Waals surface area contributed by atoms with Crippen molar-refractivity contribution in [1.29, 1.82) is 0 Å². The molecular weight excluding hydrogens is 371 g/mol. The van der Waals surface area contributed by atoms with E-state index >= 15 is 0 Å². The number of benzene rings is 3. The van der Waals surface area contributed by atoms with Gasteiger partial charge in [-0.15, -0.1) is 0 Å². The summed E-state index contributed by atoms with van der Waals surface area (Å²) in [6, 6.07) is 18.3. The van der Waals surface area contributed by atoms with Gasteiger partial charge in [0.15, 0.2) is 5.76 Å². The summed E-state index contributed by atoms with van der Waals surface area (Å²) < 4.78 is 24.6. The van der Waals surface area contributed by atoms with E-state index in [2.05, 4.69) is 0 Å². The van der Waals surface area contributed by atoms with Crippen LogP contribution in [-0.2, 0) is 11.2 Å². The van der Waals surface area contributed by atoms with Crippen LogP contribution in [0.3, 0.4) is 0 Å². The van der Waals surface area contributed by atoms with Crippen molar-refractivity contribution in [1.82, 2.24) is 0 Å². The van der Waals surface area contributed by atoms with Gasteiger partial charge in [0, 0.05) is 5.56 Å². The number of halogens is 1. The zero-order valence-corrected chi connectivity index (χ0v) is 15.6. The maximum atomic E-state index is 13.4. The normalized spacial score (nSPS) is 13.9. The minimum Gasteiger partial charge on any atom is -0.452 e. The second-order valence-electron chi connectivity index (χ2n) is 6.70. The second kappa shape index (κ2) is 7.72. The van der Waals surface area contributed by atoms with Gasteiger partial charge >= 0.3 is 5.97 Å². The van der Waals surface area contributed by atoms with Crippen LogP contribution in [0.4, 0.5) is 4.39 Å². The van der Waals surface area contributed by atoms with Crippen molar-refractivity contribution < 1.29 is 23.5 Å². The molecule has 1 heterocycles. The summed E-state index contributed by atoms with van der Waals surface area (Å²) in [5, 5.41) is 0. The third-order valence-corrected chi connectivity index (χ3v) is 4.60. The Balaban J connectivity index is 1.56. The number of carbonyl (C=O) groups excluding carboxylic acids is 2. The molecule has 3 aromatic carbocycles. The summed E-state index contributed by atoms with van der Waals surface area (Å²) >= 11 is 0. The molecule has 1 aliphatic rings. The van der Waals surface area contributed by atoms with Crippen molar-refractivity contribution in [2.45, 2.75) is 13.3 Å². The van der Waals surface area contributed by atoms with Gasteiger partial charge in [-0.2, -0.15) is 0 Å². The predicted octanol–water partition coefficient (Wildman–Crippen LogP) is 4.90. The molecule has 0 radical (unpaired) electrons. The molecular formula is C24H17FO4. The highest BCUT2D eigenvalue weighted by atomic mass is 19.1. The number of ketones is 1. The number of esters is 1. The van der Waals surface area contributed by atoms with Gasteiger partial charge in [0.2, 0.25) is 5.78 Å². The highest BCUT2D eigenvalue weighted by Crippen LogP contribution is 2.39. The van der Waals surface area contributed by atoms with Crippen molar-refractivity contribution in [2.75, 3.05) is 0 Å². The summed E-state index contributed by atoms with van der Waals surface area (Å²) in [6.07, 6.45) is 1.63. The third-order valence-electron chi connectivity index (χ3n) is 4.60. The van der Waals surface area contributed by atoms with Gasteiger partial charge in [-0.25, -0.2) is 4.39 Å². The molecule has 0 fully saturated rings. The van der Waals surface area contributed by atoms with Gasteiger partial charge in [0.25, 0.3) is 0 Å². The number of allylic oxidation sites excluding steroid dienone is 1. The lowest BCUT2D eigenvalue weighted by atomic mass is 10.1. The van der Waals surface area contributed by atoms with E-state index in [4.69, 9.17) is 9.47 Å². The molecule has 29 heavy (non-hydrogen) atoms. The monoisotopic (exact) mass is 388 g/mol. The first-order valence-electron chi connectivity index (χ1n) is 9.09.